The number of hydrogen-bond acceptors (Lipinski definition) is 3. The summed E-state index contributed by atoms with van der Waals surface area (Å²) >= 11 is 6.30. The highest BCUT2D eigenvalue weighted by atomic mass is 35.5. The first-order valence-electron chi connectivity index (χ1n) is 7.52. The predicted molar refractivity (Wildman–Crippen MR) is 84.5 cm³/mol. The highest BCUT2D eigenvalue weighted by Gasteiger charge is 2.39. The van der Waals surface area contributed by atoms with E-state index in [0.717, 1.165) is 18.5 Å². The van der Waals surface area contributed by atoms with E-state index in [-0.39, 0.29) is 18.4 Å². The van der Waals surface area contributed by atoms with Gasteiger partial charge in [0.15, 0.2) is 0 Å². The zero-order chi connectivity index (χ0) is 16.1. The van der Waals surface area contributed by atoms with Crippen molar-refractivity contribution in [2.45, 2.75) is 25.3 Å². The van der Waals surface area contributed by atoms with E-state index in [1.807, 2.05) is 21.6 Å². The van der Waals surface area contributed by atoms with Crippen LogP contribution in [0.4, 0.5) is 0 Å². The number of carbonyl (C=O) groups is 2. The van der Waals surface area contributed by atoms with Gasteiger partial charge in [-0.05, 0) is 25.0 Å². The Bertz CT molecular complexity index is 829. The van der Waals surface area contributed by atoms with Crippen molar-refractivity contribution < 1.29 is 9.59 Å². The summed E-state index contributed by atoms with van der Waals surface area (Å²) in [5, 5.41) is 0.427. The third-order valence-corrected chi connectivity index (χ3v) is 4.84. The lowest BCUT2D eigenvalue weighted by atomic mass is 10.1. The van der Waals surface area contributed by atoms with Gasteiger partial charge in [0.2, 0.25) is 5.91 Å². The monoisotopic (exact) mass is 330 g/mol. The van der Waals surface area contributed by atoms with Gasteiger partial charge in [0.1, 0.15) is 0 Å². The van der Waals surface area contributed by atoms with Crippen LogP contribution in [-0.2, 0) is 11.2 Å². The molecule has 0 spiro atoms. The van der Waals surface area contributed by atoms with Gasteiger partial charge >= 0.3 is 0 Å². The second-order valence-electron chi connectivity index (χ2n) is 5.88. The van der Waals surface area contributed by atoms with E-state index >= 15 is 0 Å². The molecule has 0 unspecified atom stereocenters. The van der Waals surface area contributed by atoms with E-state index in [9.17, 15) is 9.59 Å². The molecule has 3 heterocycles. The molecular weight excluding hydrogens is 316 g/mol. The van der Waals surface area contributed by atoms with Gasteiger partial charge < -0.3 is 10.6 Å². The van der Waals surface area contributed by atoms with Crippen molar-refractivity contribution in [3.8, 4) is 5.69 Å². The third kappa shape index (κ3) is 2.05. The van der Waals surface area contributed by atoms with Crippen LogP contribution in [0.1, 0.15) is 40.6 Å². The molecule has 2 aliphatic heterocycles. The Kier molecular flexibility index (Phi) is 3.16. The predicted octanol–water partition coefficient (Wildman–Crippen LogP) is 1.84. The molecule has 23 heavy (non-hydrogen) atoms. The van der Waals surface area contributed by atoms with Crippen LogP contribution in [0, 0.1) is 0 Å². The molecule has 2 N–H and O–H groups in total. The number of nitrogens with two attached hydrogens (primary N) is 1. The van der Waals surface area contributed by atoms with Crippen LogP contribution in [0.25, 0.3) is 5.69 Å². The summed E-state index contributed by atoms with van der Waals surface area (Å²) < 4.78 is 1.88. The van der Waals surface area contributed by atoms with Gasteiger partial charge in [-0.3, -0.25) is 14.2 Å². The lowest BCUT2D eigenvalue weighted by Gasteiger charge is -2.23. The molecule has 6 nitrogen and oxygen atoms in total. The number of benzene rings is 1. The molecule has 0 aliphatic carbocycles. The first-order chi connectivity index (χ1) is 11.1. The van der Waals surface area contributed by atoms with Crippen molar-refractivity contribution in [1.82, 2.24) is 14.5 Å². The van der Waals surface area contributed by atoms with Crippen molar-refractivity contribution >= 4 is 23.4 Å². The number of amides is 2. The van der Waals surface area contributed by atoms with Gasteiger partial charge in [0.25, 0.3) is 5.91 Å². The van der Waals surface area contributed by atoms with Crippen LogP contribution < -0.4 is 5.73 Å². The summed E-state index contributed by atoms with van der Waals surface area (Å²) in [6.45, 7) is 0.676. The lowest BCUT2D eigenvalue weighted by Crippen LogP contribution is -2.30. The fourth-order valence-electron chi connectivity index (χ4n) is 3.60. The Morgan fingerprint density at radius 3 is 3.04 bits per heavy atom. The molecule has 0 bridgehead atoms. The molecule has 1 aromatic carbocycles. The smallest absolute Gasteiger partial charge is 0.258 e. The lowest BCUT2D eigenvalue weighted by molar-refractivity contribution is -0.117. The van der Waals surface area contributed by atoms with Crippen LogP contribution in [0.2, 0.25) is 5.02 Å². The van der Waals surface area contributed by atoms with E-state index in [4.69, 9.17) is 17.3 Å². The molecule has 1 aromatic heterocycles. The van der Waals surface area contributed by atoms with E-state index < -0.39 is 5.91 Å². The molecule has 118 valence electrons. The highest BCUT2D eigenvalue weighted by Crippen LogP contribution is 2.41. The number of fused-ring (bicyclic) bond motifs is 5. The van der Waals surface area contributed by atoms with E-state index in [0.29, 0.717) is 28.5 Å². The van der Waals surface area contributed by atoms with Crippen molar-refractivity contribution in [2.24, 2.45) is 5.73 Å². The minimum absolute atomic E-state index is 0.0662. The molecule has 2 amide bonds. The Hall–Kier alpha value is -2.34. The fourth-order valence-corrected chi connectivity index (χ4v) is 3.85. The standard InChI is InChI=1S/C16H15ClN4O2/c17-9-3-1-4-11-14(9)16(23)20-6-2-5-12(20)15-10(7-13(18)22)19-8-21(11)15/h1,3-4,8,12H,2,5-7H2,(H2,18,22)/t12-/m0/s1. The first kappa shape index (κ1) is 14.3. The number of primary amides is 1. The number of hydrogen-bond donors (Lipinski definition) is 1. The van der Waals surface area contributed by atoms with E-state index in [2.05, 4.69) is 4.98 Å². The molecular formula is C16H15ClN4O2. The van der Waals surface area contributed by atoms with Crippen molar-refractivity contribution in [3.63, 3.8) is 0 Å². The van der Waals surface area contributed by atoms with Gasteiger partial charge in [0.05, 0.1) is 46.5 Å². The van der Waals surface area contributed by atoms with Gasteiger partial charge in [-0.15, -0.1) is 0 Å². The Labute approximate surface area is 137 Å². The van der Waals surface area contributed by atoms with E-state index in [1.165, 1.54) is 0 Å². The fraction of sp³-hybridized carbons (Fsp3) is 0.312. The average molecular weight is 331 g/mol. The largest absolute Gasteiger partial charge is 0.369 e. The summed E-state index contributed by atoms with van der Waals surface area (Å²) in [6, 6.07) is 5.28. The zero-order valence-corrected chi connectivity index (χ0v) is 13.1. The van der Waals surface area contributed by atoms with Crippen LogP contribution in [0.3, 0.4) is 0 Å². The molecule has 0 saturated carbocycles. The number of aromatic nitrogens is 2. The van der Waals surface area contributed by atoms with Crippen molar-refractivity contribution in [2.75, 3.05) is 6.54 Å². The molecule has 1 saturated heterocycles. The van der Waals surface area contributed by atoms with Gasteiger partial charge in [-0.2, -0.15) is 0 Å². The SMILES string of the molecule is NC(=O)Cc1ncn2c1[C@@H]1CCCN1C(=O)c1c(Cl)cccc1-2. The Morgan fingerprint density at radius 2 is 2.26 bits per heavy atom. The topological polar surface area (TPSA) is 81.2 Å². The molecule has 1 fully saturated rings. The van der Waals surface area contributed by atoms with Gasteiger partial charge in [0, 0.05) is 6.54 Å². The Balaban J connectivity index is 2.00. The minimum Gasteiger partial charge on any atom is -0.369 e. The first-order valence-corrected chi connectivity index (χ1v) is 7.90. The summed E-state index contributed by atoms with van der Waals surface area (Å²) in [5.41, 5.74) is 8.05. The molecule has 1 atom stereocenters. The summed E-state index contributed by atoms with van der Waals surface area (Å²) in [4.78, 5) is 30.5. The number of carbonyl (C=O) groups excluding carboxylic acids is 2. The van der Waals surface area contributed by atoms with Gasteiger partial charge in [-0.1, -0.05) is 17.7 Å². The maximum absolute atomic E-state index is 13.0. The van der Waals surface area contributed by atoms with Crippen LogP contribution in [-0.4, -0.2) is 32.8 Å². The number of nitrogens with zero attached hydrogens (tertiary/aromatic N) is 3. The Morgan fingerprint density at radius 1 is 1.43 bits per heavy atom. The number of halogens is 1. The maximum atomic E-state index is 13.0. The van der Waals surface area contributed by atoms with Crippen LogP contribution in [0.5, 0.6) is 0 Å². The highest BCUT2D eigenvalue weighted by molar-refractivity contribution is 6.34. The number of imidazole rings is 1. The second kappa shape index (κ2) is 5.09. The normalized spacial score (nSPS) is 19.1. The molecule has 0 radical (unpaired) electrons. The summed E-state index contributed by atoms with van der Waals surface area (Å²) in [5.74, 6) is -0.500. The minimum atomic E-state index is -0.432. The van der Waals surface area contributed by atoms with Crippen molar-refractivity contribution in [3.05, 3.63) is 46.5 Å². The second-order valence-corrected chi connectivity index (χ2v) is 6.29. The van der Waals surface area contributed by atoms with Crippen molar-refractivity contribution in [1.29, 1.82) is 0 Å². The maximum Gasteiger partial charge on any atom is 0.258 e. The molecule has 2 aromatic rings. The molecule has 4 rings (SSSR count). The summed E-state index contributed by atoms with van der Waals surface area (Å²) in [7, 11) is 0. The number of rotatable bonds is 2. The van der Waals surface area contributed by atoms with Crippen LogP contribution >= 0.6 is 11.6 Å². The average Bonchev–Trinajstić information content (AvgIpc) is 3.10. The van der Waals surface area contributed by atoms with Gasteiger partial charge in [-0.25, -0.2) is 4.98 Å². The zero-order valence-electron chi connectivity index (χ0n) is 12.3. The molecule has 2 aliphatic rings. The third-order valence-electron chi connectivity index (χ3n) is 4.52. The quantitative estimate of drug-likeness (QED) is 0.912. The van der Waals surface area contributed by atoms with Crippen LogP contribution in [0.15, 0.2) is 24.5 Å². The summed E-state index contributed by atoms with van der Waals surface area (Å²) in [6.07, 6.45) is 3.47. The van der Waals surface area contributed by atoms with E-state index in [1.54, 1.807) is 12.4 Å². The molecule has 7 heteroatoms.